The number of hydrogen-bond acceptors (Lipinski definition) is 7. The lowest BCUT2D eigenvalue weighted by atomic mass is 9.91. The first kappa shape index (κ1) is 36.2. The van der Waals surface area contributed by atoms with Gasteiger partial charge in [0, 0.05) is 17.7 Å². The number of halogens is 9. The summed E-state index contributed by atoms with van der Waals surface area (Å²) in [7, 11) is 1.36. The van der Waals surface area contributed by atoms with Crippen LogP contribution < -0.4 is 14.6 Å². The summed E-state index contributed by atoms with van der Waals surface area (Å²) in [5, 5.41) is 19.8. The Morgan fingerprint density at radius 1 is 1.02 bits per heavy atom. The largest absolute Gasteiger partial charge is 0.481 e. The fraction of sp³-hybridized carbons (Fsp3) is 0.500. The summed E-state index contributed by atoms with van der Waals surface area (Å²) in [6, 6.07) is 0.194. The molecule has 2 N–H and O–H groups in total. The molecule has 11 nitrogen and oxygen atoms in total. The maximum Gasteiger partial charge on any atom is 0.433 e. The van der Waals surface area contributed by atoms with E-state index in [9.17, 15) is 54.2 Å². The summed E-state index contributed by atoms with van der Waals surface area (Å²) in [6.45, 7) is 2.80. The standard InChI is InChI=1S/C28H28F9N7O4/c1-5-17-11-19(21-18(6-7-20(38-21)28(35,36)37)44(17)24(47)48-13-25(2,3)22(45)46)43(23-39-41-42(4)40-23)12-14-8-15(26(29,30)31)10-16(9-14)27(32,33)34/h6-10,17,19H,5,11-13H2,1-4H3,(H,45,46)/p+1/t17-,19+/m1/s1. The van der Waals surface area contributed by atoms with Crippen molar-refractivity contribution < 1.29 is 63.7 Å². The molecule has 0 saturated heterocycles. The van der Waals surface area contributed by atoms with Gasteiger partial charge in [-0.15, -0.1) is 0 Å². The molecule has 20 heteroatoms. The van der Waals surface area contributed by atoms with Gasteiger partial charge in [0.1, 0.15) is 19.3 Å². The fourth-order valence-electron chi connectivity index (χ4n) is 5.04. The van der Waals surface area contributed by atoms with Crippen LogP contribution in [0.2, 0.25) is 0 Å². The number of nitrogens with one attached hydrogen (secondary N) is 1. The van der Waals surface area contributed by atoms with Crippen molar-refractivity contribution in [2.75, 3.05) is 16.4 Å². The molecule has 0 saturated carbocycles. The smallest absolute Gasteiger partial charge is 0.433 e. The van der Waals surface area contributed by atoms with E-state index in [0.29, 0.717) is 18.2 Å². The van der Waals surface area contributed by atoms with Crippen LogP contribution in [0.3, 0.4) is 0 Å². The average molecular weight is 699 g/mol. The number of carbonyl (C=O) groups excluding carboxylic acids is 1. The number of pyridine rings is 1. The molecule has 262 valence electrons. The monoisotopic (exact) mass is 698 g/mol. The maximum atomic E-state index is 13.9. The van der Waals surface area contributed by atoms with Crippen LogP contribution >= 0.6 is 0 Å². The van der Waals surface area contributed by atoms with Crippen molar-refractivity contribution in [1.29, 1.82) is 0 Å². The number of hydrogen-bond donors (Lipinski definition) is 2. The lowest BCUT2D eigenvalue weighted by Gasteiger charge is -2.42. The highest BCUT2D eigenvalue weighted by molar-refractivity contribution is 5.90. The van der Waals surface area contributed by atoms with Crippen LogP contribution in [0.25, 0.3) is 0 Å². The molecule has 1 aliphatic rings. The molecule has 0 fully saturated rings. The van der Waals surface area contributed by atoms with Crippen molar-refractivity contribution in [3.8, 4) is 0 Å². The Balaban J connectivity index is 1.90. The van der Waals surface area contributed by atoms with Gasteiger partial charge < -0.3 is 14.7 Å². The van der Waals surface area contributed by atoms with Gasteiger partial charge in [-0.05, 0) is 67.8 Å². The van der Waals surface area contributed by atoms with E-state index in [2.05, 4.69) is 20.4 Å². The van der Waals surface area contributed by atoms with Crippen LogP contribution in [0.15, 0.2) is 30.3 Å². The van der Waals surface area contributed by atoms with Crippen molar-refractivity contribution >= 4 is 23.7 Å². The summed E-state index contributed by atoms with van der Waals surface area (Å²) in [5.74, 6) is -1.61. The zero-order chi connectivity index (χ0) is 36.0. The number of nitrogens with zero attached hydrogens (tertiary/aromatic N) is 6. The van der Waals surface area contributed by atoms with Crippen molar-refractivity contribution in [3.63, 3.8) is 0 Å². The Labute approximate surface area is 266 Å². The molecule has 0 unspecified atom stereocenters. The van der Waals surface area contributed by atoms with Gasteiger partial charge in [-0.25, -0.2) is 9.78 Å². The SMILES string of the molecule is CC[C@@H]1C[C@H](N(Cc2cc(C(F)(F)F)cc(C(F)(F)F)c2)c2n[nH][n+](C)n2)c2nc(C(F)(F)F)ccc2N1C(=O)OCC(C)(C)C(=O)O. The number of carboxylic acids is 1. The van der Waals surface area contributed by atoms with Crippen molar-refractivity contribution in [3.05, 3.63) is 58.4 Å². The van der Waals surface area contributed by atoms with Gasteiger partial charge in [-0.3, -0.25) is 9.69 Å². The van der Waals surface area contributed by atoms with Gasteiger partial charge in [0.2, 0.25) is 0 Å². The first-order valence-electron chi connectivity index (χ1n) is 14.1. The van der Waals surface area contributed by atoms with E-state index in [1.807, 2.05) is 0 Å². The van der Waals surface area contributed by atoms with Crippen LogP contribution in [0.1, 0.15) is 67.7 Å². The second-order valence-electron chi connectivity index (χ2n) is 11.7. The summed E-state index contributed by atoms with van der Waals surface area (Å²) < 4.78 is 129. The molecule has 2 aromatic heterocycles. The molecule has 3 heterocycles. The maximum absolute atomic E-state index is 13.9. The lowest BCUT2D eigenvalue weighted by Crippen LogP contribution is -2.49. The number of amides is 1. The van der Waals surface area contributed by atoms with Gasteiger partial charge in [0.25, 0.3) is 0 Å². The predicted octanol–water partition coefficient (Wildman–Crippen LogP) is 6.06. The Morgan fingerprint density at radius 3 is 2.10 bits per heavy atom. The van der Waals surface area contributed by atoms with Gasteiger partial charge in [-0.2, -0.15) is 39.5 Å². The number of aryl methyl sites for hydroxylation is 1. The number of fused-ring (bicyclic) bond motifs is 1. The Hall–Kier alpha value is -4.65. The van der Waals surface area contributed by atoms with Crippen LogP contribution in [-0.4, -0.2) is 50.2 Å². The van der Waals surface area contributed by atoms with Crippen LogP contribution in [0.4, 0.5) is 55.9 Å². The third kappa shape index (κ3) is 7.73. The number of aliphatic carboxylic acids is 1. The first-order chi connectivity index (χ1) is 22.0. The molecule has 0 radical (unpaired) electrons. The molecule has 0 spiro atoms. The second-order valence-corrected chi connectivity index (χ2v) is 11.7. The molecule has 1 aromatic carbocycles. The Morgan fingerprint density at radius 2 is 1.62 bits per heavy atom. The minimum Gasteiger partial charge on any atom is -0.481 e. The van der Waals surface area contributed by atoms with Gasteiger partial charge in [0.05, 0.1) is 39.1 Å². The van der Waals surface area contributed by atoms with E-state index in [1.54, 1.807) is 6.92 Å². The van der Waals surface area contributed by atoms with E-state index in [4.69, 9.17) is 4.74 Å². The molecular weight excluding hydrogens is 669 g/mol. The minimum absolute atomic E-state index is 0.0596. The summed E-state index contributed by atoms with van der Waals surface area (Å²) in [4.78, 5) is 31.8. The van der Waals surface area contributed by atoms with E-state index in [-0.39, 0.29) is 30.5 Å². The quantitative estimate of drug-likeness (QED) is 0.215. The average Bonchev–Trinajstić information content (AvgIpc) is 3.41. The number of aromatic nitrogens is 5. The molecule has 1 aliphatic heterocycles. The van der Waals surface area contributed by atoms with E-state index < -0.39 is 89.3 Å². The first-order valence-corrected chi connectivity index (χ1v) is 14.1. The summed E-state index contributed by atoms with van der Waals surface area (Å²) in [5.41, 5.74) is -7.33. The number of benzene rings is 1. The zero-order valence-electron chi connectivity index (χ0n) is 25.6. The molecule has 0 bridgehead atoms. The number of anilines is 2. The van der Waals surface area contributed by atoms with Gasteiger partial charge >= 0.3 is 36.5 Å². The third-order valence-electron chi connectivity index (χ3n) is 7.60. The Kier molecular flexibility index (Phi) is 9.62. The molecule has 48 heavy (non-hydrogen) atoms. The van der Waals surface area contributed by atoms with Crippen molar-refractivity contribution in [2.24, 2.45) is 12.5 Å². The number of H-pyrrole nitrogens is 1. The van der Waals surface area contributed by atoms with Crippen molar-refractivity contribution in [2.45, 2.75) is 70.8 Å². The van der Waals surface area contributed by atoms with Crippen LogP contribution in [-0.2, 0) is 41.7 Å². The minimum atomic E-state index is -5.18. The van der Waals surface area contributed by atoms with E-state index in [1.165, 1.54) is 20.9 Å². The summed E-state index contributed by atoms with van der Waals surface area (Å²) >= 11 is 0. The molecule has 4 rings (SSSR count). The van der Waals surface area contributed by atoms with Crippen LogP contribution in [0.5, 0.6) is 0 Å². The number of rotatable bonds is 8. The topological polar surface area (TPSA) is 128 Å². The fourth-order valence-corrected chi connectivity index (χ4v) is 5.04. The van der Waals surface area contributed by atoms with E-state index >= 15 is 0 Å². The highest BCUT2D eigenvalue weighted by Gasteiger charge is 2.45. The van der Waals surface area contributed by atoms with Gasteiger partial charge in [0.15, 0.2) is 0 Å². The molecular formula is C28H29F9N7O4+. The number of ether oxygens (including phenoxy) is 1. The number of aromatic amines is 1. The highest BCUT2D eigenvalue weighted by Crippen LogP contribution is 2.44. The Bertz CT molecular complexity index is 1640. The number of carboxylic acid groups (broad SMARTS) is 1. The highest BCUT2D eigenvalue weighted by atomic mass is 19.4. The normalized spacial score (nSPS) is 17.2. The zero-order valence-corrected chi connectivity index (χ0v) is 25.6. The van der Waals surface area contributed by atoms with Crippen molar-refractivity contribution in [1.82, 2.24) is 20.4 Å². The second kappa shape index (κ2) is 12.8. The van der Waals surface area contributed by atoms with Crippen LogP contribution in [0, 0.1) is 5.41 Å². The lowest BCUT2D eigenvalue weighted by molar-refractivity contribution is -0.783. The predicted molar refractivity (Wildman–Crippen MR) is 146 cm³/mol. The molecule has 1 amide bonds. The molecule has 3 aromatic rings. The third-order valence-corrected chi connectivity index (χ3v) is 7.60. The van der Waals surface area contributed by atoms with E-state index in [0.717, 1.165) is 20.7 Å². The number of carbonyl (C=O) groups is 2. The number of tetrazole rings is 1. The molecule has 0 aliphatic carbocycles. The summed E-state index contributed by atoms with van der Waals surface area (Å²) in [6.07, 6.45) is -16.6. The molecule has 2 atom stereocenters. The van der Waals surface area contributed by atoms with Gasteiger partial charge in [-0.1, -0.05) is 11.7 Å². The number of alkyl halides is 9.